The van der Waals surface area contributed by atoms with E-state index in [4.69, 9.17) is 10.6 Å². The lowest BCUT2D eigenvalue weighted by molar-refractivity contribution is -0.141. The van der Waals surface area contributed by atoms with Crippen LogP contribution in [0, 0.1) is 0 Å². The van der Waals surface area contributed by atoms with Crippen molar-refractivity contribution in [3.8, 4) is 0 Å². The molecule has 2 unspecified atom stereocenters. The maximum absolute atomic E-state index is 12.5. The van der Waals surface area contributed by atoms with Gasteiger partial charge < -0.3 is 10.6 Å². The van der Waals surface area contributed by atoms with Crippen molar-refractivity contribution < 1.29 is 14.4 Å². The molecule has 1 aromatic heterocycles. The summed E-state index contributed by atoms with van der Waals surface area (Å²) in [6, 6.07) is -0.497. The van der Waals surface area contributed by atoms with Gasteiger partial charge in [-0.05, 0) is 13.8 Å². The van der Waals surface area contributed by atoms with E-state index in [2.05, 4.69) is 5.10 Å². The molecule has 114 valence electrons. The smallest absolute Gasteiger partial charge is 0.315 e. The lowest BCUT2D eigenvalue weighted by Crippen LogP contribution is -2.45. The Kier molecular flexibility index (Phi) is 3.12. The quantitative estimate of drug-likeness (QED) is 0.735. The second kappa shape index (κ2) is 4.73. The fourth-order valence-corrected chi connectivity index (χ4v) is 3.01. The number of nitrogens with zero attached hydrogens (tertiary/aromatic N) is 4. The summed E-state index contributed by atoms with van der Waals surface area (Å²) in [6.45, 7) is 4.63. The molecule has 0 radical (unpaired) electrons. The van der Waals surface area contributed by atoms with Crippen LogP contribution in [-0.4, -0.2) is 50.9 Å². The average Bonchev–Trinajstić information content (AvgIpc) is 2.67. The number of amides is 3. The van der Waals surface area contributed by atoms with Crippen molar-refractivity contribution in [3.63, 3.8) is 0 Å². The monoisotopic (exact) mass is 293 g/mol. The highest BCUT2D eigenvalue weighted by Crippen LogP contribution is 2.28. The fraction of sp³-hybridized carbons (Fsp3) is 0.615. The molecule has 0 spiro atoms. The molecule has 2 N–H and O–H groups in total. The van der Waals surface area contributed by atoms with Crippen molar-refractivity contribution in [2.24, 2.45) is 5.73 Å². The van der Waals surface area contributed by atoms with Gasteiger partial charge in [-0.3, -0.25) is 14.3 Å². The van der Waals surface area contributed by atoms with Crippen molar-refractivity contribution >= 4 is 11.9 Å². The largest absolute Gasteiger partial charge is 0.351 e. The Balaban J connectivity index is 2.07. The van der Waals surface area contributed by atoms with Crippen LogP contribution in [0.3, 0.4) is 0 Å². The minimum absolute atomic E-state index is 0.0179. The normalized spacial score (nSPS) is 25.4. The molecule has 3 heterocycles. The Morgan fingerprint density at radius 2 is 2.14 bits per heavy atom. The number of nitrogens with two attached hydrogens (primary N) is 1. The summed E-state index contributed by atoms with van der Waals surface area (Å²) in [4.78, 5) is 31.0. The van der Waals surface area contributed by atoms with Crippen LogP contribution in [0.15, 0.2) is 0 Å². The van der Waals surface area contributed by atoms with Crippen molar-refractivity contribution in [3.05, 3.63) is 17.0 Å². The summed E-state index contributed by atoms with van der Waals surface area (Å²) in [5.41, 5.74) is 7.56. The van der Waals surface area contributed by atoms with Gasteiger partial charge >= 0.3 is 6.03 Å². The summed E-state index contributed by atoms with van der Waals surface area (Å²) in [6.07, 6.45) is 0.455. The molecule has 2 aliphatic heterocycles. The first-order valence-electron chi connectivity index (χ1n) is 6.98. The van der Waals surface area contributed by atoms with Gasteiger partial charge in [0.2, 0.25) is 0 Å². The number of primary amides is 1. The molecule has 0 saturated heterocycles. The maximum Gasteiger partial charge on any atom is 0.315 e. The Morgan fingerprint density at radius 1 is 1.43 bits per heavy atom. The van der Waals surface area contributed by atoms with Crippen LogP contribution in [-0.2, 0) is 24.3 Å². The van der Waals surface area contributed by atoms with Gasteiger partial charge in [-0.25, -0.2) is 9.86 Å². The summed E-state index contributed by atoms with van der Waals surface area (Å²) in [5, 5.41) is 5.78. The Bertz CT molecular complexity index is 611. The Morgan fingerprint density at radius 3 is 2.81 bits per heavy atom. The third-order valence-electron chi connectivity index (χ3n) is 4.02. The Hall–Kier alpha value is -2.09. The number of hydrogen-bond donors (Lipinski definition) is 1. The fourth-order valence-electron chi connectivity index (χ4n) is 3.01. The van der Waals surface area contributed by atoms with Gasteiger partial charge in [-0.15, -0.1) is 0 Å². The second-order valence-electron chi connectivity index (χ2n) is 5.69. The number of rotatable bonds is 0. The average molecular weight is 293 g/mol. The lowest BCUT2D eigenvalue weighted by atomic mass is 9.99. The highest BCUT2D eigenvalue weighted by Gasteiger charge is 2.36. The van der Waals surface area contributed by atoms with E-state index >= 15 is 0 Å². The van der Waals surface area contributed by atoms with Crippen molar-refractivity contribution in [1.82, 2.24) is 19.7 Å². The number of urea groups is 1. The van der Waals surface area contributed by atoms with Crippen molar-refractivity contribution in [2.45, 2.75) is 45.5 Å². The van der Waals surface area contributed by atoms with E-state index in [-0.39, 0.29) is 18.1 Å². The maximum atomic E-state index is 12.5. The molecule has 0 bridgehead atoms. The zero-order valence-corrected chi connectivity index (χ0v) is 12.4. The first-order chi connectivity index (χ1) is 9.88. The Labute approximate surface area is 122 Å². The molecule has 0 saturated carbocycles. The molecule has 0 aliphatic carbocycles. The van der Waals surface area contributed by atoms with Gasteiger partial charge in [0.25, 0.3) is 5.91 Å². The van der Waals surface area contributed by atoms with Crippen molar-refractivity contribution in [2.75, 3.05) is 7.05 Å². The van der Waals surface area contributed by atoms with E-state index in [0.717, 1.165) is 11.3 Å². The third-order valence-corrected chi connectivity index (χ3v) is 4.02. The molecule has 21 heavy (non-hydrogen) atoms. The molecule has 2 atom stereocenters. The lowest BCUT2D eigenvalue weighted by Gasteiger charge is -2.31. The van der Waals surface area contributed by atoms with Crippen molar-refractivity contribution in [1.29, 1.82) is 0 Å². The SMILES string of the molecule is CC1Cn2nc3c(c2C(=O)N(C)O1)CN(C(N)=O)C(C)C3. The summed E-state index contributed by atoms with van der Waals surface area (Å²) in [5.74, 6) is -0.243. The number of hydrogen-bond acceptors (Lipinski definition) is 4. The minimum atomic E-state index is -0.479. The van der Waals surface area contributed by atoms with Crippen LogP contribution >= 0.6 is 0 Å². The minimum Gasteiger partial charge on any atom is -0.351 e. The number of aromatic nitrogens is 2. The van der Waals surface area contributed by atoms with E-state index < -0.39 is 6.03 Å². The molecular weight excluding hydrogens is 274 g/mol. The summed E-state index contributed by atoms with van der Waals surface area (Å²) >= 11 is 0. The topological polar surface area (TPSA) is 93.7 Å². The molecule has 3 rings (SSSR count). The van der Waals surface area contributed by atoms with Gasteiger partial charge in [0.15, 0.2) is 0 Å². The standard InChI is InChI=1S/C13H19N5O3/c1-7-4-10-9(6-17(7)13(14)20)11-12(19)16(3)21-8(2)5-18(11)15-10/h7-8H,4-6H2,1-3H3,(H2,14,20). The third kappa shape index (κ3) is 2.15. The molecule has 2 aliphatic rings. The molecular formula is C13H19N5O3. The van der Waals surface area contributed by atoms with E-state index in [1.165, 1.54) is 5.06 Å². The molecule has 3 amide bonds. The zero-order valence-electron chi connectivity index (χ0n) is 12.4. The first kappa shape index (κ1) is 13.9. The number of carbonyl (C=O) groups excluding carboxylic acids is 2. The van der Waals surface area contributed by atoms with Crippen LogP contribution in [0.1, 0.15) is 35.6 Å². The van der Waals surface area contributed by atoms with Gasteiger partial charge in [-0.1, -0.05) is 0 Å². The molecule has 0 fully saturated rings. The highest BCUT2D eigenvalue weighted by atomic mass is 16.7. The number of fused-ring (bicyclic) bond motifs is 3. The predicted octanol–water partition coefficient (Wildman–Crippen LogP) is 0.114. The molecule has 8 nitrogen and oxygen atoms in total. The number of carbonyl (C=O) groups is 2. The first-order valence-corrected chi connectivity index (χ1v) is 6.98. The predicted molar refractivity (Wildman–Crippen MR) is 73.2 cm³/mol. The van der Waals surface area contributed by atoms with Gasteiger partial charge in [0, 0.05) is 25.1 Å². The van der Waals surface area contributed by atoms with Crippen LogP contribution in [0.2, 0.25) is 0 Å². The summed E-state index contributed by atoms with van der Waals surface area (Å²) < 4.78 is 1.69. The van der Waals surface area contributed by atoms with Gasteiger partial charge in [0.1, 0.15) is 11.8 Å². The molecule has 1 aromatic rings. The van der Waals surface area contributed by atoms with E-state index in [1.807, 2.05) is 13.8 Å². The van der Waals surface area contributed by atoms with Crippen LogP contribution in [0.25, 0.3) is 0 Å². The molecule has 8 heteroatoms. The van der Waals surface area contributed by atoms with Crippen LogP contribution < -0.4 is 5.73 Å². The zero-order chi connectivity index (χ0) is 15.3. The number of hydroxylamine groups is 2. The summed E-state index contributed by atoms with van der Waals surface area (Å²) in [7, 11) is 1.59. The van der Waals surface area contributed by atoms with Crippen LogP contribution in [0.4, 0.5) is 4.79 Å². The van der Waals surface area contributed by atoms with Gasteiger partial charge in [0.05, 0.1) is 18.8 Å². The van der Waals surface area contributed by atoms with E-state index in [9.17, 15) is 9.59 Å². The van der Waals surface area contributed by atoms with Crippen LogP contribution in [0.5, 0.6) is 0 Å². The highest BCUT2D eigenvalue weighted by molar-refractivity contribution is 5.94. The van der Waals surface area contributed by atoms with Gasteiger partial charge in [-0.2, -0.15) is 5.10 Å². The second-order valence-corrected chi connectivity index (χ2v) is 5.69. The molecule has 0 aromatic carbocycles. The van der Waals surface area contributed by atoms with E-state index in [0.29, 0.717) is 25.2 Å². The van der Waals surface area contributed by atoms with E-state index in [1.54, 1.807) is 16.6 Å².